The molecule has 2 aliphatic rings. The predicted octanol–water partition coefficient (Wildman–Crippen LogP) is 1.53. The van der Waals surface area contributed by atoms with Gasteiger partial charge in [0.15, 0.2) is 11.7 Å². The highest BCUT2D eigenvalue weighted by Gasteiger charge is 2.69. The molecule has 1 aromatic carbocycles. The summed E-state index contributed by atoms with van der Waals surface area (Å²) in [5, 5.41) is 0. The van der Waals surface area contributed by atoms with Crippen molar-refractivity contribution in [3.63, 3.8) is 0 Å². The van der Waals surface area contributed by atoms with Gasteiger partial charge < -0.3 is 23.7 Å². The van der Waals surface area contributed by atoms with Crippen molar-refractivity contribution in [2.24, 2.45) is 0 Å². The zero-order valence-electron chi connectivity index (χ0n) is 16.3. The lowest BCUT2D eigenvalue weighted by Gasteiger charge is -2.47. The van der Waals surface area contributed by atoms with Crippen LogP contribution in [0.3, 0.4) is 0 Å². The van der Waals surface area contributed by atoms with Crippen LogP contribution in [0.15, 0.2) is 30.3 Å². The lowest BCUT2D eigenvalue weighted by molar-refractivity contribution is -0.246. The Morgan fingerprint density at radius 3 is 2.03 bits per heavy atom. The van der Waals surface area contributed by atoms with Crippen LogP contribution < -0.4 is 0 Å². The third kappa shape index (κ3) is 4.24. The molecule has 0 radical (unpaired) electrons. The Bertz CT molecular complexity index is 805. The molecule has 1 heterocycles. The summed E-state index contributed by atoms with van der Waals surface area (Å²) in [4.78, 5) is 47.2. The molecule has 3 rings (SSSR count). The summed E-state index contributed by atoms with van der Waals surface area (Å²) in [7, 11) is 0. The molecule has 5 atom stereocenters. The van der Waals surface area contributed by atoms with Gasteiger partial charge in [0.2, 0.25) is 12.4 Å². The van der Waals surface area contributed by atoms with E-state index in [1.165, 1.54) is 20.8 Å². The topological polar surface area (TPSA) is 114 Å². The SMILES string of the molecule is CC(=O)OC1O[C@]2(CC[C@H]2OC(=O)c2ccccc2)C(OC(C)=O)[C@@H]1OC(C)=O. The number of rotatable bonds is 5. The van der Waals surface area contributed by atoms with Gasteiger partial charge in [-0.1, -0.05) is 18.2 Å². The molecule has 156 valence electrons. The van der Waals surface area contributed by atoms with Crippen LogP contribution in [0.5, 0.6) is 0 Å². The molecule has 0 N–H and O–H groups in total. The Labute approximate surface area is 167 Å². The van der Waals surface area contributed by atoms with Gasteiger partial charge in [-0.2, -0.15) is 0 Å². The monoisotopic (exact) mass is 406 g/mol. The molecule has 1 aliphatic carbocycles. The first-order valence-electron chi connectivity index (χ1n) is 9.18. The van der Waals surface area contributed by atoms with Crippen molar-refractivity contribution in [1.82, 2.24) is 0 Å². The van der Waals surface area contributed by atoms with Crippen molar-refractivity contribution in [3.8, 4) is 0 Å². The summed E-state index contributed by atoms with van der Waals surface area (Å²) >= 11 is 0. The first kappa shape index (κ1) is 20.8. The van der Waals surface area contributed by atoms with Gasteiger partial charge in [-0.3, -0.25) is 14.4 Å². The van der Waals surface area contributed by atoms with Crippen LogP contribution in [0.4, 0.5) is 0 Å². The molecule has 2 unspecified atom stereocenters. The number of carbonyl (C=O) groups excluding carboxylic acids is 4. The molecule has 9 heteroatoms. The molecule has 9 nitrogen and oxygen atoms in total. The lowest BCUT2D eigenvalue weighted by Crippen LogP contribution is -2.62. The van der Waals surface area contributed by atoms with Crippen LogP contribution in [0, 0.1) is 0 Å². The molecular weight excluding hydrogens is 384 g/mol. The third-order valence-corrected chi connectivity index (χ3v) is 4.86. The van der Waals surface area contributed by atoms with E-state index in [0.29, 0.717) is 18.4 Å². The maximum Gasteiger partial charge on any atom is 0.338 e. The van der Waals surface area contributed by atoms with Gasteiger partial charge >= 0.3 is 23.9 Å². The summed E-state index contributed by atoms with van der Waals surface area (Å²) in [6, 6.07) is 8.39. The van der Waals surface area contributed by atoms with E-state index in [4.69, 9.17) is 23.7 Å². The molecule has 1 aromatic rings. The molecule has 1 saturated heterocycles. The van der Waals surface area contributed by atoms with Crippen LogP contribution in [-0.4, -0.2) is 54.1 Å². The molecule has 1 saturated carbocycles. The van der Waals surface area contributed by atoms with Crippen molar-refractivity contribution < 1.29 is 42.9 Å². The summed E-state index contributed by atoms with van der Waals surface area (Å²) in [6.07, 6.45) is -3.56. The van der Waals surface area contributed by atoms with Crippen LogP contribution in [0.1, 0.15) is 44.0 Å². The van der Waals surface area contributed by atoms with Crippen LogP contribution in [0.25, 0.3) is 0 Å². The van der Waals surface area contributed by atoms with Crippen LogP contribution in [0.2, 0.25) is 0 Å². The highest BCUT2D eigenvalue weighted by Crippen LogP contribution is 2.50. The number of benzene rings is 1. The minimum atomic E-state index is -1.29. The summed E-state index contributed by atoms with van der Waals surface area (Å²) in [5.74, 6) is -2.54. The van der Waals surface area contributed by atoms with Crippen molar-refractivity contribution >= 4 is 23.9 Å². The molecule has 29 heavy (non-hydrogen) atoms. The number of hydrogen-bond donors (Lipinski definition) is 0. The van der Waals surface area contributed by atoms with E-state index < -0.39 is 54.1 Å². The number of esters is 4. The van der Waals surface area contributed by atoms with E-state index in [-0.39, 0.29) is 0 Å². The van der Waals surface area contributed by atoms with Crippen molar-refractivity contribution in [2.75, 3.05) is 0 Å². The molecule has 2 fully saturated rings. The van der Waals surface area contributed by atoms with Gasteiger partial charge in [0, 0.05) is 20.8 Å². The summed E-state index contributed by atoms with van der Waals surface area (Å²) < 4.78 is 27.3. The number of hydrogen-bond acceptors (Lipinski definition) is 9. The predicted molar refractivity (Wildman–Crippen MR) is 95.4 cm³/mol. The zero-order chi connectivity index (χ0) is 21.2. The molecule has 1 aliphatic heterocycles. The van der Waals surface area contributed by atoms with E-state index >= 15 is 0 Å². The Hall–Kier alpha value is -2.94. The minimum absolute atomic E-state index is 0.352. The van der Waals surface area contributed by atoms with Gasteiger partial charge in [0.25, 0.3) is 0 Å². The van der Waals surface area contributed by atoms with Crippen molar-refractivity contribution in [2.45, 2.75) is 63.8 Å². The van der Waals surface area contributed by atoms with Gasteiger partial charge in [0.05, 0.1) is 5.56 Å². The third-order valence-electron chi connectivity index (χ3n) is 4.86. The van der Waals surface area contributed by atoms with E-state index in [9.17, 15) is 19.2 Å². The minimum Gasteiger partial charge on any atom is -0.456 e. The quantitative estimate of drug-likeness (QED) is 0.530. The molecular formula is C20H22O9. The second kappa shape index (κ2) is 8.20. The van der Waals surface area contributed by atoms with E-state index in [0.717, 1.165) is 0 Å². The van der Waals surface area contributed by atoms with Crippen molar-refractivity contribution in [3.05, 3.63) is 35.9 Å². The second-order valence-electron chi connectivity index (χ2n) is 6.95. The lowest BCUT2D eigenvalue weighted by atomic mass is 9.72. The second-order valence-corrected chi connectivity index (χ2v) is 6.95. The Balaban J connectivity index is 1.87. The summed E-state index contributed by atoms with van der Waals surface area (Å²) in [6.45, 7) is 3.55. The fraction of sp³-hybridized carbons (Fsp3) is 0.500. The Morgan fingerprint density at radius 1 is 0.897 bits per heavy atom. The smallest absolute Gasteiger partial charge is 0.338 e. The van der Waals surface area contributed by atoms with E-state index in [2.05, 4.69) is 0 Å². The van der Waals surface area contributed by atoms with Crippen molar-refractivity contribution in [1.29, 1.82) is 0 Å². The first-order chi connectivity index (χ1) is 13.7. The van der Waals surface area contributed by atoms with E-state index in [1.54, 1.807) is 30.3 Å². The largest absolute Gasteiger partial charge is 0.456 e. The highest BCUT2D eigenvalue weighted by atomic mass is 16.8. The highest BCUT2D eigenvalue weighted by molar-refractivity contribution is 5.89. The number of carbonyl (C=O) groups is 4. The average Bonchev–Trinajstić information content (AvgIpc) is 2.93. The molecule has 1 spiro atoms. The maximum atomic E-state index is 12.5. The average molecular weight is 406 g/mol. The molecule has 0 amide bonds. The molecule has 0 bridgehead atoms. The van der Waals surface area contributed by atoms with Crippen LogP contribution in [-0.2, 0) is 38.1 Å². The maximum absolute atomic E-state index is 12.5. The fourth-order valence-electron chi connectivity index (χ4n) is 3.62. The normalized spacial score (nSPS) is 30.2. The van der Waals surface area contributed by atoms with Gasteiger partial charge in [-0.05, 0) is 25.0 Å². The zero-order valence-corrected chi connectivity index (χ0v) is 16.3. The Morgan fingerprint density at radius 2 is 1.52 bits per heavy atom. The van der Waals surface area contributed by atoms with Gasteiger partial charge in [-0.25, -0.2) is 4.79 Å². The number of ether oxygens (including phenoxy) is 5. The van der Waals surface area contributed by atoms with Crippen LogP contribution >= 0.6 is 0 Å². The summed E-state index contributed by atoms with van der Waals surface area (Å²) in [5.41, 5.74) is -0.930. The standard InChI is InChI=1S/C20H22O9/c1-11(21)25-16-17(26-12(2)22)20(29-19(16)27-13(3)23)10-9-15(20)28-18(24)14-7-5-4-6-8-14/h4-8,15-17,19H,9-10H2,1-3H3/t15-,16+,17?,19?,20+/m1/s1. The van der Waals surface area contributed by atoms with Gasteiger partial charge in [-0.15, -0.1) is 0 Å². The fourth-order valence-corrected chi connectivity index (χ4v) is 3.62. The van der Waals surface area contributed by atoms with Gasteiger partial charge in [0.1, 0.15) is 6.10 Å². The molecule has 0 aromatic heterocycles. The Kier molecular flexibility index (Phi) is 5.88. The first-order valence-corrected chi connectivity index (χ1v) is 9.18. The van der Waals surface area contributed by atoms with E-state index in [1.807, 2.05) is 0 Å².